The van der Waals surface area contributed by atoms with Crippen LogP contribution in [0.4, 0.5) is 20.2 Å². The number of halogens is 3. The number of para-hydroxylation sites is 1. The van der Waals surface area contributed by atoms with Crippen molar-refractivity contribution in [2.45, 2.75) is 25.8 Å². The lowest BCUT2D eigenvalue weighted by Crippen LogP contribution is -2.47. The Balaban J connectivity index is 1.41. The zero-order valence-corrected chi connectivity index (χ0v) is 23.8. The third kappa shape index (κ3) is 5.34. The first kappa shape index (κ1) is 28.2. The van der Waals surface area contributed by atoms with Gasteiger partial charge in [0.05, 0.1) is 27.3 Å². The van der Waals surface area contributed by atoms with Crippen LogP contribution in [-0.4, -0.2) is 59.8 Å². The highest BCUT2D eigenvalue weighted by atomic mass is 35.5. The summed E-state index contributed by atoms with van der Waals surface area (Å²) in [4.78, 5) is 31.4. The van der Waals surface area contributed by atoms with Crippen LogP contribution in [0.3, 0.4) is 0 Å². The average molecular weight is 593 g/mol. The molecule has 0 aliphatic carbocycles. The van der Waals surface area contributed by atoms with Gasteiger partial charge in [-0.25, -0.2) is 13.6 Å². The van der Waals surface area contributed by atoms with Gasteiger partial charge in [-0.2, -0.15) is 0 Å². The van der Waals surface area contributed by atoms with Gasteiger partial charge in [0.1, 0.15) is 17.2 Å². The third-order valence-electron chi connectivity index (χ3n) is 8.22. The molecule has 218 valence electrons. The summed E-state index contributed by atoms with van der Waals surface area (Å²) in [5.41, 5.74) is 1.27. The standard InChI is InChI=1S/C32H31ClF2N4O3/c33-28-29-23(18-26(35)30(28)38-15-13-37(14-16-38)27-10-3-2-9-25(27)34)31(40)24(32(41)42)20-39(29)22-8-6-7-21(17-22)19-36-11-4-1-5-12-36/h2-3,6-10,17-18,20H,1,4-5,11-16,19H2,(H,41,42). The van der Waals surface area contributed by atoms with E-state index >= 15 is 4.39 Å². The van der Waals surface area contributed by atoms with Crippen molar-refractivity contribution in [2.24, 2.45) is 0 Å². The van der Waals surface area contributed by atoms with Gasteiger partial charge in [-0.05, 0) is 61.8 Å². The molecule has 2 aliphatic heterocycles. The van der Waals surface area contributed by atoms with Crippen LogP contribution in [0.15, 0.2) is 65.6 Å². The van der Waals surface area contributed by atoms with Crippen LogP contribution in [0.2, 0.25) is 5.02 Å². The molecule has 3 heterocycles. The highest BCUT2D eigenvalue weighted by Crippen LogP contribution is 2.37. The van der Waals surface area contributed by atoms with Gasteiger partial charge in [-0.1, -0.05) is 42.3 Å². The number of piperazine rings is 1. The van der Waals surface area contributed by atoms with Gasteiger partial charge < -0.3 is 19.5 Å². The Kier molecular flexibility index (Phi) is 7.88. The van der Waals surface area contributed by atoms with E-state index in [0.29, 0.717) is 37.6 Å². The fourth-order valence-corrected chi connectivity index (χ4v) is 6.51. The number of carboxylic acids is 1. The lowest BCUT2D eigenvalue weighted by Gasteiger charge is -2.38. The number of hydrogen-bond acceptors (Lipinski definition) is 5. The fraction of sp³-hybridized carbons (Fsp3) is 0.312. The number of anilines is 2. The zero-order chi connectivity index (χ0) is 29.4. The molecule has 0 atom stereocenters. The first-order chi connectivity index (χ1) is 20.3. The van der Waals surface area contributed by atoms with Gasteiger partial charge in [0.15, 0.2) is 0 Å². The number of rotatable bonds is 6. The SMILES string of the molecule is O=C(O)c1cn(-c2cccc(CN3CCCCC3)c2)c2c(Cl)c(N3CCN(c4ccccc4F)CC3)c(F)cc2c1=O. The third-order valence-corrected chi connectivity index (χ3v) is 8.58. The molecule has 0 unspecified atom stereocenters. The van der Waals surface area contributed by atoms with E-state index in [1.54, 1.807) is 27.7 Å². The normalized spacial score (nSPS) is 16.3. The Morgan fingerprint density at radius 1 is 0.857 bits per heavy atom. The predicted octanol–water partition coefficient (Wildman–Crippen LogP) is 5.93. The topological polar surface area (TPSA) is 69.0 Å². The van der Waals surface area contributed by atoms with E-state index in [4.69, 9.17) is 11.6 Å². The van der Waals surface area contributed by atoms with Crippen molar-refractivity contribution >= 4 is 39.8 Å². The minimum absolute atomic E-state index is 0.0276. The van der Waals surface area contributed by atoms with Crippen LogP contribution < -0.4 is 15.2 Å². The van der Waals surface area contributed by atoms with Crippen molar-refractivity contribution in [3.63, 3.8) is 0 Å². The van der Waals surface area contributed by atoms with Gasteiger partial charge in [-0.3, -0.25) is 9.69 Å². The van der Waals surface area contributed by atoms with E-state index in [9.17, 15) is 19.1 Å². The molecule has 6 rings (SSSR count). The molecule has 3 aromatic carbocycles. The van der Waals surface area contributed by atoms with Crippen molar-refractivity contribution < 1.29 is 18.7 Å². The zero-order valence-electron chi connectivity index (χ0n) is 23.0. The van der Waals surface area contributed by atoms with Crippen LogP contribution in [-0.2, 0) is 6.54 Å². The van der Waals surface area contributed by atoms with Crippen molar-refractivity contribution in [1.29, 1.82) is 0 Å². The van der Waals surface area contributed by atoms with Gasteiger partial charge in [-0.15, -0.1) is 0 Å². The summed E-state index contributed by atoms with van der Waals surface area (Å²) >= 11 is 6.94. The molecule has 0 spiro atoms. The molecule has 7 nitrogen and oxygen atoms in total. The molecule has 2 aliphatic rings. The lowest BCUT2D eigenvalue weighted by atomic mass is 10.1. The van der Waals surface area contributed by atoms with Crippen molar-refractivity contribution in [3.05, 3.63) is 98.8 Å². The Hall–Kier alpha value is -3.95. The Labute approximate surface area is 247 Å². The number of nitrogens with zero attached hydrogens (tertiary/aromatic N) is 4. The molecule has 0 bridgehead atoms. The molecular formula is C32H31ClF2N4O3. The maximum absolute atomic E-state index is 15.7. The number of aromatic nitrogens is 1. The largest absolute Gasteiger partial charge is 0.477 e. The van der Waals surface area contributed by atoms with Crippen LogP contribution in [0.1, 0.15) is 35.2 Å². The number of aromatic carboxylic acids is 1. The quantitative estimate of drug-likeness (QED) is 0.299. The van der Waals surface area contributed by atoms with Crippen LogP contribution in [0.5, 0.6) is 0 Å². The molecule has 2 fully saturated rings. The predicted molar refractivity (Wildman–Crippen MR) is 161 cm³/mol. The van der Waals surface area contributed by atoms with Crippen LogP contribution in [0.25, 0.3) is 16.6 Å². The van der Waals surface area contributed by atoms with E-state index in [-0.39, 0.29) is 27.4 Å². The number of carboxylic acid groups (broad SMARTS) is 1. The molecule has 0 saturated carbocycles. The maximum Gasteiger partial charge on any atom is 0.341 e. The summed E-state index contributed by atoms with van der Waals surface area (Å²) < 4.78 is 31.7. The molecule has 1 N–H and O–H groups in total. The highest BCUT2D eigenvalue weighted by Gasteiger charge is 2.27. The maximum atomic E-state index is 15.7. The smallest absolute Gasteiger partial charge is 0.341 e. The summed E-state index contributed by atoms with van der Waals surface area (Å²) in [5.74, 6) is -2.43. The van der Waals surface area contributed by atoms with Crippen molar-refractivity contribution in [2.75, 3.05) is 49.1 Å². The number of benzene rings is 3. The number of pyridine rings is 1. The second-order valence-corrected chi connectivity index (χ2v) is 11.3. The van der Waals surface area contributed by atoms with E-state index in [1.165, 1.54) is 18.7 Å². The first-order valence-electron chi connectivity index (χ1n) is 14.2. The Morgan fingerprint density at radius 2 is 1.57 bits per heavy atom. The van der Waals surface area contributed by atoms with Gasteiger partial charge in [0.2, 0.25) is 5.43 Å². The molecular weight excluding hydrogens is 562 g/mol. The van der Waals surface area contributed by atoms with Crippen molar-refractivity contribution in [1.82, 2.24) is 9.47 Å². The average Bonchev–Trinajstić information content (AvgIpc) is 2.99. The summed E-state index contributed by atoms with van der Waals surface area (Å²) in [5, 5.41) is 9.74. The minimum Gasteiger partial charge on any atom is -0.477 e. The first-order valence-corrected chi connectivity index (χ1v) is 14.6. The fourth-order valence-electron chi connectivity index (χ4n) is 6.11. The molecule has 10 heteroatoms. The van der Waals surface area contributed by atoms with Gasteiger partial charge >= 0.3 is 5.97 Å². The van der Waals surface area contributed by atoms with Crippen molar-refractivity contribution in [3.8, 4) is 5.69 Å². The Bertz CT molecular complexity index is 1710. The summed E-state index contributed by atoms with van der Waals surface area (Å²) in [6, 6.07) is 15.3. The second kappa shape index (κ2) is 11.7. The van der Waals surface area contributed by atoms with Crippen LogP contribution >= 0.6 is 11.6 Å². The number of piperidine rings is 1. The van der Waals surface area contributed by atoms with Gasteiger partial charge in [0.25, 0.3) is 0 Å². The Morgan fingerprint density at radius 3 is 2.29 bits per heavy atom. The van der Waals surface area contributed by atoms with E-state index in [0.717, 1.165) is 44.1 Å². The van der Waals surface area contributed by atoms with Gasteiger partial charge in [0, 0.05) is 44.6 Å². The lowest BCUT2D eigenvalue weighted by molar-refractivity contribution is 0.0695. The highest BCUT2D eigenvalue weighted by molar-refractivity contribution is 6.38. The number of carbonyl (C=O) groups is 1. The molecule has 0 radical (unpaired) electrons. The molecule has 4 aromatic rings. The number of hydrogen-bond donors (Lipinski definition) is 1. The number of fused-ring (bicyclic) bond motifs is 1. The minimum atomic E-state index is -1.40. The summed E-state index contributed by atoms with van der Waals surface area (Å²) in [6.07, 6.45) is 4.82. The molecule has 0 amide bonds. The summed E-state index contributed by atoms with van der Waals surface area (Å²) in [6.45, 7) is 4.42. The monoisotopic (exact) mass is 592 g/mol. The second-order valence-electron chi connectivity index (χ2n) is 10.9. The van der Waals surface area contributed by atoms with Crippen LogP contribution in [0, 0.1) is 11.6 Å². The number of likely N-dealkylation sites (tertiary alicyclic amines) is 1. The molecule has 1 aromatic heterocycles. The molecule has 2 saturated heterocycles. The van der Waals surface area contributed by atoms with E-state index < -0.39 is 22.8 Å². The molecule has 42 heavy (non-hydrogen) atoms. The summed E-state index contributed by atoms with van der Waals surface area (Å²) in [7, 11) is 0. The van der Waals surface area contributed by atoms with E-state index in [2.05, 4.69) is 4.90 Å². The van der Waals surface area contributed by atoms with E-state index in [1.807, 2.05) is 29.2 Å².